The van der Waals surface area contributed by atoms with Crippen molar-refractivity contribution in [2.24, 2.45) is 0 Å². The van der Waals surface area contributed by atoms with Crippen LogP contribution >= 0.6 is 0 Å². The maximum absolute atomic E-state index is 11.2. The van der Waals surface area contributed by atoms with Gasteiger partial charge in [0, 0.05) is 6.42 Å². The standard InChI is InChI=1S/C9H14N4O4/c14-5(15)3-1-2-4-9-6(10-7(16)12-9)11-8(17)13-9/h6H,1-4H2,(H,14,15)(H2,10,12,16)(H2,11,13,17). The summed E-state index contributed by atoms with van der Waals surface area (Å²) in [4.78, 5) is 32.8. The number of unbranched alkanes of at least 4 members (excludes halogenated alkanes) is 1. The third kappa shape index (κ3) is 2.24. The second-order valence-electron chi connectivity index (χ2n) is 4.20. The Labute approximate surface area is 97.1 Å². The molecule has 2 fully saturated rings. The van der Waals surface area contributed by atoms with Gasteiger partial charge in [-0.25, -0.2) is 9.59 Å². The minimum Gasteiger partial charge on any atom is -0.481 e. The number of hydrogen-bond acceptors (Lipinski definition) is 3. The molecular weight excluding hydrogens is 228 g/mol. The molecule has 2 saturated heterocycles. The molecule has 2 rings (SSSR count). The Morgan fingerprint density at radius 1 is 1.18 bits per heavy atom. The highest BCUT2D eigenvalue weighted by molar-refractivity contribution is 5.86. The maximum Gasteiger partial charge on any atom is 0.318 e. The number of hydrogen-bond donors (Lipinski definition) is 5. The molecular formula is C9H14N4O4. The van der Waals surface area contributed by atoms with Crippen molar-refractivity contribution >= 4 is 18.0 Å². The van der Waals surface area contributed by atoms with E-state index in [9.17, 15) is 14.4 Å². The van der Waals surface area contributed by atoms with Crippen molar-refractivity contribution in [3.05, 3.63) is 0 Å². The highest BCUT2D eigenvalue weighted by atomic mass is 16.4. The van der Waals surface area contributed by atoms with Gasteiger partial charge in [-0.2, -0.15) is 0 Å². The van der Waals surface area contributed by atoms with E-state index in [1.165, 1.54) is 0 Å². The van der Waals surface area contributed by atoms with Gasteiger partial charge in [0.2, 0.25) is 0 Å². The topological polar surface area (TPSA) is 120 Å². The summed E-state index contributed by atoms with van der Waals surface area (Å²) in [5.41, 5.74) is -0.827. The predicted molar refractivity (Wildman–Crippen MR) is 56.0 cm³/mol. The van der Waals surface area contributed by atoms with E-state index in [2.05, 4.69) is 21.3 Å². The molecule has 94 valence electrons. The van der Waals surface area contributed by atoms with Crippen LogP contribution < -0.4 is 21.3 Å². The van der Waals surface area contributed by atoms with Gasteiger partial charge >= 0.3 is 18.0 Å². The van der Waals surface area contributed by atoms with Gasteiger partial charge < -0.3 is 26.4 Å². The van der Waals surface area contributed by atoms with E-state index in [1.807, 2.05) is 0 Å². The fraction of sp³-hybridized carbons (Fsp3) is 0.667. The zero-order valence-electron chi connectivity index (χ0n) is 9.08. The summed E-state index contributed by atoms with van der Waals surface area (Å²) < 4.78 is 0. The molecule has 8 nitrogen and oxygen atoms in total. The SMILES string of the molecule is O=C(O)CCCCC12NC(=O)NC1NC(=O)N2. The van der Waals surface area contributed by atoms with Gasteiger partial charge in [-0.05, 0) is 19.3 Å². The predicted octanol–water partition coefficient (Wildman–Crippen LogP) is -0.721. The maximum atomic E-state index is 11.2. The zero-order valence-corrected chi connectivity index (χ0v) is 9.08. The van der Waals surface area contributed by atoms with Gasteiger partial charge in [0.1, 0.15) is 6.17 Å². The van der Waals surface area contributed by atoms with Crippen LogP contribution in [0.25, 0.3) is 0 Å². The Morgan fingerprint density at radius 2 is 1.76 bits per heavy atom. The normalized spacial score (nSPS) is 30.0. The van der Waals surface area contributed by atoms with Gasteiger partial charge in [-0.3, -0.25) is 4.79 Å². The lowest BCUT2D eigenvalue weighted by molar-refractivity contribution is -0.137. The van der Waals surface area contributed by atoms with Gasteiger partial charge in [0.25, 0.3) is 0 Å². The second kappa shape index (κ2) is 4.11. The monoisotopic (exact) mass is 242 g/mol. The lowest BCUT2D eigenvalue weighted by Gasteiger charge is -2.26. The number of aliphatic carboxylic acids is 1. The summed E-state index contributed by atoms with van der Waals surface area (Å²) in [6.45, 7) is 0. The number of carbonyl (C=O) groups excluding carboxylic acids is 2. The Kier molecular flexibility index (Phi) is 2.78. The number of carboxylic acid groups (broad SMARTS) is 1. The molecule has 0 bridgehead atoms. The number of amides is 4. The van der Waals surface area contributed by atoms with Crippen molar-refractivity contribution < 1.29 is 19.5 Å². The molecule has 2 aliphatic rings. The molecule has 5 N–H and O–H groups in total. The van der Waals surface area contributed by atoms with Crippen molar-refractivity contribution in [2.45, 2.75) is 37.5 Å². The summed E-state index contributed by atoms with van der Waals surface area (Å²) in [5, 5.41) is 19.0. The first-order valence-electron chi connectivity index (χ1n) is 5.41. The lowest BCUT2D eigenvalue weighted by Crippen LogP contribution is -2.56. The van der Waals surface area contributed by atoms with E-state index in [0.29, 0.717) is 19.3 Å². The van der Waals surface area contributed by atoms with Crippen LogP contribution in [-0.4, -0.2) is 35.0 Å². The Morgan fingerprint density at radius 3 is 2.29 bits per heavy atom. The molecule has 0 aromatic rings. The minimum atomic E-state index is -0.846. The van der Waals surface area contributed by atoms with Gasteiger partial charge in [0.05, 0.1) is 0 Å². The first kappa shape index (κ1) is 11.5. The van der Waals surface area contributed by atoms with Crippen LogP contribution in [0.5, 0.6) is 0 Å². The quantitative estimate of drug-likeness (QED) is 0.408. The first-order chi connectivity index (χ1) is 8.02. The van der Waals surface area contributed by atoms with Gasteiger partial charge in [-0.15, -0.1) is 0 Å². The van der Waals surface area contributed by atoms with Crippen LogP contribution in [0.15, 0.2) is 0 Å². The molecule has 2 aliphatic heterocycles. The van der Waals surface area contributed by atoms with Crippen molar-refractivity contribution in [3.8, 4) is 0 Å². The number of rotatable bonds is 5. The van der Waals surface area contributed by atoms with Crippen molar-refractivity contribution in [1.82, 2.24) is 21.3 Å². The molecule has 0 saturated carbocycles. The minimum absolute atomic E-state index is 0.0868. The van der Waals surface area contributed by atoms with Gasteiger partial charge in [-0.1, -0.05) is 0 Å². The van der Waals surface area contributed by atoms with Crippen LogP contribution in [0.1, 0.15) is 25.7 Å². The Hall–Kier alpha value is -1.99. The zero-order chi connectivity index (χ0) is 12.5. The van der Waals surface area contributed by atoms with E-state index in [4.69, 9.17) is 5.11 Å². The van der Waals surface area contributed by atoms with Crippen LogP contribution in [-0.2, 0) is 4.79 Å². The summed E-state index contributed by atoms with van der Waals surface area (Å²) >= 11 is 0. The largest absolute Gasteiger partial charge is 0.481 e. The highest BCUT2D eigenvalue weighted by Gasteiger charge is 2.52. The summed E-state index contributed by atoms with van der Waals surface area (Å²) in [6.07, 6.45) is 1.21. The molecule has 0 aromatic carbocycles. The Bertz CT molecular complexity index is 350. The van der Waals surface area contributed by atoms with Crippen molar-refractivity contribution in [1.29, 1.82) is 0 Å². The number of fused-ring (bicyclic) bond motifs is 1. The summed E-state index contributed by atoms with van der Waals surface area (Å²) in [6, 6.07) is -0.693. The molecule has 0 radical (unpaired) electrons. The third-order valence-corrected chi connectivity index (χ3v) is 2.93. The Balaban J connectivity index is 1.90. The van der Waals surface area contributed by atoms with E-state index in [-0.39, 0.29) is 18.5 Å². The number of carboxylic acids is 1. The van der Waals surface area contributed by atoms with E-state index in [0.717, 1.165) is 0 Å². The number of nitrogens with one attached hydrogen (secondary N) is 4. The molecule has 17 heavy (non-hydrogen) atoms. The van der Waals surface area contributed by atoms with Crippen molar-refractivity contribution in [3.63, 3.8) is 0 Å². The molecule has 0 aromatic heterocycles. The smallest absolute Gasteiger partial charge is 0.318 e. The first-order valence-corrected chi connectivity index (χ1v) is 5.41. The molecule has 0 aliphatic carbocycles. The number of carbonyl (C=O) groups is 3. The highest BCUT2D eigenvalue weighted by Crippen LogP contribution is 2.23. The van der Waals surface area contributed by atoms with Crippen LogP contribution in [0, 0.1) is 0 Å². The fourth-order valence-corrected chi connectivity index (χ4v) is 2.15. The second-order valence-corrected chi connectivity index (χ2v) is 4.20. The molecule has 4 amide bonds. The van der Waals surface area contributed by atoms with E-state index < -0.39 is 17.8 Å². The van der Waals surface area contributed by atoms with E-state index in [1.54, 1.807) is 0 Å². The van der Waals surface area contributed by atoms with Crippen LogP contribution in [0.3, 0.4) is 0 Å². The van der Waals surface area contributed by atoms with Gasteiger partial charge in [0.15, 0.2) is 5.66 Å². The molecule has 0 atom stereocenters. The molecule has 2 heterocycles. The molecule has 8 heteroatoms. The van der Waals surface area contributed by atoms with Crippen molar-refractivity contribution in [2.75, 3.05) is 0 Å². The molecule has 0 spiro atoms. The average molecular weight is 242 g/mol. The fourth-order valence-electron chi connectivity index (χ4n) is 2.15. The summed E-state index contributed by atoms with van der Waals surface area (Å²) in [5.74, 6) is -0.846. The summed E-state index contributed by atoms with van der Waals surface area (Å²) in [7, 11) is 0. The molecule has 0 unspecified atom stereocenters. The van der Waals surface area contributed by atoms with E-state index >= 15 is 0 Å². The number of urea groups is 2. The third-order valence-electron chi connectivity index (χ3n) is 2.93. The van der Waals surface area contributed by atoms with Crippen LogP contribution in [0.4, 0.5) is 9.59 Å². The lowest BCUT2D eigenvalue weighted by atomic mass is 10.0. The van der Waals surface area contributed by atoms with Crippen LogP contribution in [0.2, 0.25) is 0 Å². The average Bonchev–Trinajstić information content (AvgIpc) is 2.63.